The first-order chi connectivity index (χ1) is 10.1. The molecule has 0 saturated carbocycles. The lowest BCUT2D eigenvalue weighted by molar-refractivity contribution is -0.133. The first-order valence-electron chi connectivity index (χ1n) is 7.88. The average Bonchev–Trinajstić information content (AvgIpc) is 2.76. The number of halogens is 1. The summed E-state index contributed by atoms with van der Waals surface area (Å²) in [5.41, 5.74) is 1.20. The van der Waals surface area contributed by atoms with Gasteiger partial charge in [-0.05, 0) is 44.4 Å². The molecule has 1 aliphatic rings. The van der Waals surface area contributed by atoms with E-state index in [0.29, 0.717) is 0 Å². The molecule has 0 aliphatic carbocycles. The Morgan fingerprint density at radius 3 is 2.24 bits per heavy atom. The van der Waals surface area contributed by atoms with Crippen molar-refractivity contribution in [2.75, 3.05) is 13.1 Å². The first-order valence-corrected chi connectivity index (χ1v) is 8.67. The maximum atomic E-state index is 12.5. The number of likely N-dealkylation sites (tertiary alicyclic amines) is 1. The smallest absolute Gasteiger partial charge is 0.239 e. The van der Waals surface area contributed by atoms with Crippen molar-refractivity contribution < 1.29 is 4.79 Å². The van der Waals surface area contributed by atoms with Crippen LogP contribution in [0.15, 0.2) is 28.7 Å². The van der Waals surface area contributed by atoms with Crippen LogP contribution in [0.1, 0.15) is 51.1 Å². The summed E-state index contributed by atoms with van der Waals surface area (Å²) in [5, 5.41) is 3.43. The van der Waals surface area contributed by atoms with E-state index in [1.807, 2.05) is 24.0 Å². The second-order valence-corrected chi connectivity index (χ2v) is 6.82. The third kappa shape index (κ3) is 4.82. The molecular formula is C17H25BrN2O. The van der Waals surface area contributed by atoms with E-state index in [4.69, 9.17) is 0 Å². The van der Waals surface area contributed by atoms with Crippen LogP contribution in [-0.2, 0) is 4.79 Å². The summed E-state index contributed by atoms with van der Waals surface area (Å²) in [6.45, 7) is 5.91. The van der Waals surface area contributed by atoms with Gasteiger partial charge in [-0.25, -0.2) is 0 Å². The highest BCUT2D eigenvalue weighted by atomic mass is 79.9. The van der Waals surface area contributed by atoms with Crippen molar-refractivity contribution in [2.45, 2.75) is 51.6 Å². The molecule has 0 bridgehead atoms. The SMILES string of the molecule is CC(NC(C)c1ccc(Br)cc1)C(=O)N1CCCCCC1. The van der Waals surface area contributed by atoms with Crippen LogP contribution < -0.4 is 5.32 Å². The normalized spacial score (nSPS) is 18.9. The molecule has 1 amide bonds. The molecule has 1 N–H and O–H groups in total. The van der Waals surface area contributed by atoms with Gasteiger partial charge in [0.1, 0.15) is 0 Å². The second-order valence-electron chi connectivity index (χ2n) is 5.90. The zero-order valence-corrected chi connectivity index (χ0v) is 14.5. The highest BCUT2D eigenvalue weighted by molar-refractivity contribution is 9.10. The van der Waals surface area contributed by atoms with Gasteiger partial charge in [0.05, 0.1) is 6.04 Å². The molecule has 0 radical (unpaired) electrons. The largest absolute Gasteiger partial charge is 0.341 e. The number of carbonyl (C=O) groups excluding carboxylic acids is 1. The predicted octanol–water partition coefficient (Wildman–Crippen LogP) is 3.89. The quantitative estimate of drug-likeness (QED) is 0.891. The van der Waals surface area contributed by atoms with E-state index < -0.39 is 0 Å². The van der Waals surface area contributed by atoms with Gasteiger partial charge in [-0.1, -0.05) is 40.9 Å². The molecule has 0 spiro atoms. The molecule has 1 aliphatic heterocycles. The highest BCUT2D eigenvalue weighted by Crippen LogP contribution is 2.18. The standard InChI is InChI=1S/C17H25BrN2O/c1-13(15-7-9-16(18)10-8-15)19-14(2)17(21)20-11-5-3-4-6-12-20/h7-10,13-14,19H,3-6,11-12H2,1-2H3. The van der Waals surface area contributed by atoms with Crippen molar-refractivity contribution in [2.24, 2.45) is 0 Å². The molecule has 2 rings (SSSR count). The summed E-state index contributed by atoms with van der Waals surface area (Å²) in [6.07, 6.45) is 4.78. The molecule has 2 unspecified atom stereocenters. The molecule has 0 aromatic heterocycles. The number of nitrogens with zero attached hydrogens (tertiary/aromatic N) is 1. The Bertz CT molecular complexity index is 452. The van der Waals surface area contributed by atoms with Crippen LogP contribution >= 0.6 is 15.9 Å². The van der Waals surface area contributed by atoms with E-state index in [0.717, 1.165) is 30.4 Å². The van der Waals surface area contributed by atoms with Gasteiger partial charge in [0, 0.05) is 23.6 Å². The van der Waals surface area contributed by atoms with Crippen LogP contribution in [0.5, 0.6) is 0 Å². The van der Waals surface area contributed by atoms with Crippen LogP contribution in [0.3, 0.4) is 0 Å². The van der Waals surface area contributed by atoms with Gasteiger partial charge < -0.3 is 4.90 Å². The molecule has 1 aromatic carbocycles. The molecule has 2 atom stereocenters. The van der Waals surface area contributed by atoms with E-state index in [2.05, 4.69) is 40.3 Å². The van der Waals surface area contributed by atoms with Gasteiger partial charge in [0.15, 0.2) is 0 Å². The molecule has 1 fully saturated rings. The van der Waals surface area contributed by atoms with Crippen LogP contribution in [0, 0.1) is 0 Å². The van der Waals surface area contributed by atoms with Gasteiger partial charge in [-0.2, -0.15) is 0 Å². The van der Waals surface area contributed by atoms with E-state index in [9.17, 15) is 4.79 Å². The summed E-state index contributed by atoms with van der Waals surface area (Å²) in [5.74, 6) is 0.237. The monoisotopic (exact) mass is 352 g/mol. The Labute approximate surface area is 136 Å². The fourth-order valence-electron chi connectivity index (χ4n) is 2.86. The Hall–Kier alpha value is -0.870. The summed E-state index contributed by atoms with van der Waals surface area (Å²) in [6, 6.07) is 8.28. The highest BCUT2D eigenvalue weighted by Gasteiger charge is 2.22. The van der Waals surface area contributed by atoms with Crippen molar-refractivity contribution in [1.82, 2.24) is 10.2 Å². The summed E-state index contributed by atoms with van der Waals surface area (Å²) in [4.78, 5) is 14.6. The maximum absolute atomic E-state index is 12.5. The third-order valence-electron chi connectivity index (χ3n) is 4.16. The van der Waals surface area contributed by atoms with Gasteiger partial charge in [-0.3, -0.25) is 10.1 Å². The minimum Gasteiger partial charge on any atom is -0.341 e. The molecular weight excluding hydrogens is 328 g/mol. The summed E-state index contributed by atoms with van der Waals surface area (Å²) >= 11 is 3.45. The molecule has 4 heteroatoms. The third-order valence-corrected chi connectivity index (χ3v) is 4.69. The maximum Gasteiger partial charge on any atom is 0.239 e. The number of hydrogen-bond acceptors (Lipinski definition) is 2. The number of amides is 1. The number of rotatable bonds is 4. The second kappa shape index (κ2) is 7.95. The van der Waals surface area contributed by atoms with E-state index in [-0.39, 0.29) is 18.0 Å². The molecule has 3 nitrogen and oxygen atoms in total. The van der Waals surface area contributed by atoms with Gasteiger partial charge in [0.2, 0.25) is 5.91 Å². The van der Waals surface area contributed by atoms with Gasteiger partial charge in [-0.15, -0.1) is 0 Å². The van der Waals surface area contributed by atoms with Crippen LogP contribution in [0.25, 0.3) is 0 Å². The summed E-state index contributed by atoms with van der Waals surface area (Å²) < 4.78 is 1.08. The van der Waals surface area contributed by atoms with Crippen molar-refractivity contribution in [3.05, 3.63) is 34.3 Å². The fraction of sp³-hybridized carbons (Fsp3) is 0.588. The summed E-state index contributed by atoms with van der Waals surface area (Å²) in [7, 11) is 0. The van der Waals surface area contributed by atoms with E-state index in [1.54, 1.807) is 0 Å². The topological polar surface area (TPSA) is 32.3 Å². The molecule has 116 valence electrons. The van der Waals surface area contributed by atoms with Crippen molar-refractivity contribution in [3.63, 3.8) is 0 Å². The van der Waals surface area contributed by atoms with E-state index in [1.165, 1.54) is 18.4 Å². The van der Waals surface area contributed by atoms with Crippen molar-refractivity contribution in [3.8, 4) is 0 Å². The number of nitrogens with one attached hydrogen (secondary N) is 1. The zero-order valence-electron chi connectivity index (χ0n) is 12.9. The van der Waals surface area contributed by atoms with Gasteiger partial charge >= 0.3 is 0 Å². The Morgan fingerprint density at radius 1 is 1.10 bits per heavy atom. The first kappa shape index (κ1) is 16.5. The molecule has 1 saturated heterocycles. The lowest BCUT2D eigenvalue weighted by Gasteiger charge is -2.27. The Balaban J connectivity index is 1.91. The Morgan fingerprint density at radius 2 is 1.67 bits per heavy atom. The zero-order chi connectivity index (χ0) is 15.2. The minimum atomic E-state index is -0.137. The molecule has 21 heavy (non-hydrogen) atoms. The minimum absolute atomic E-state index is 0.137. The lowest BCUT2D eigenvalue weighted by Crippen LogP contribution is -2.45. The van der Waals surface area contributed by atoms with Crippen molar-refractivity contribution >= 4 is 21.8 Å². The number of carbonyl (C=O) groups is 1. The number of benzene rings is 1. The van der Waals surface area contributed by atoms with Crippen LogP contribution in [-0.4, -0.2) is 29.9 Å². The molecule has 1 aromatic rings. The fourth-order valence-corrected chi connectivity index (χ4v) is 3.12. The Kier molecular flexibility index (Phi) is 6.24. The average molecular weight is 353 g/mol. The number of hydrogen-bond donors (Lipinski definition) is 1. The van der Waals surface area contributed by atoms with E-state index >= 15 is 0 Å². The molecule has 1 heterocycles. The van der Waals surface area contributed by atoms with Crippen LogP contribution in [0.2, 0.25) is 0 Å². The predicted molar refractivity (Wildman–Crippen MR) is 90.2 cm³/mol. The van der Waals surface area contributed by atoms with Gasteiger partial charge in [0.25, 0.3) is 0 Å². The van der Waals surface area contributed by atoms with Crippen LogP contribution in [0.4, 0.5) is 0 Å². The lowest BCUT2D eigenvalue weighted by atomic mass is 10.1. The van der Waals surface area contributed by atoms with Crippen molar-refractivity contribution in [1.29, 1.82) is 0 Å².